The van der Waals surface area contributed by atoms with Crippen molar-refractivity contribution in [2.75, 3.05) is 19.6 Å². The van der Waals surface area contributed by atoms with Crippen molar-refractivity contribution in [1.29, 1.82) is 0 Å². The van der Waals surface area contributed by atoms with Gasteiger partial charge in [-0.1, -0.05) is 61.3 Å². The van der Waals surface area contributed by atoms with Gasteiger partial charge in [-0.25, -0.2) is 4.79 Å². The van der Waals surface area contributed by atoms with Gasteiger partial charge in [-0.15, -0.1) is 0 Å². The van der Waals surface area contributed by atoms with Crippen molar-refractivity contribution in [3.05, 3.63) is 0 Å². The maximum absolute atomic E-state index is 14.2. The lowest BCUT2D eigenvalue weighted by atomic mass is 9.84. The van der Waals surface area contributed by atoms with E-state index in [1.807, 2.05) is 48.5 Å². The number of amides is 6. The monoisotopic (exact) mass is 618 g/mol. The lowest BCUT2D eigenvalue weighted by molar-refractivity contribution is -0.144. The fraction of sp³-hybridized carbons (Fsp3) is 0.812. The Labute approximate surface area is 262 Å². The number of rotatable bonds is 12. The van der Waals surface area contributed by atoms with Crippen LogP contribution in [0, 0.1) is 29.1 Å². The van der Waals surface area contributed by atoms with Gasteiger partial charge in [0.15, 0.2) is 0 Å². The first-order valence-corrected chi connectivity index (χ1v) is 16.3. The number of primary amides is 1. The number of carbonyl (C=O) groups excluding carboxylic acids is 6. The van der Waals surface area contributed by atoms with Crippen LogP contribution in [0.1, 0.15) is 93.4 Å². The number of nitrogens with zero attached hydrogens (tertiary/aromatic N) is 2. The molecule has 2 heterocycles. The summed E-state index contributed by atoms with van der Waals surface area (Å²) in [7, 11) is 0. The predicted molar refractivity (Wildman–Crippen MR) is 166 cm³/mol. The summed E-state index contributed by atoms with van der Waals surface area (Å²) in [6.45, 7) is 14.8. The van der Waals surface area contributed by atoms with E-state index in [-0.39, 0.29) is 29.6 Å². The van der Waals surface area contributed by atoms with Crippen LogP contribution in [0.3, 0.4) is 0 Å². The van der Waals surface area contributed by atoms with E-state index in [0.29, 0.717) is 32.5 Å². The van der Waals surface area contributed by atoms with Gasteiger partial charge in [-0.05, 0) is 61.2 Å². The first kappa shape index (κ1) is 35.3. The summed E-state index contributed by atoms with van der Waals surface area (Å²) in [5, 5.41) is 8.41. The number of hydrogen-bond acceptors (Lipinski definition) is 6. The molecule has 3 aliphatic rings. The Hall–Kier alpha value is -3.18. The first-order chi connectivity index (χ1) is 20.5. The number of urea groups is 1. The standard InChI is InChI=1S/C32H54N6O6/c1-18(2)21-13-16-38(24(21)28(41)34-22(17-20-11-12-20)25(39)27(33)40)30(43)26(32(5,6)7)36-31(44)35-23(19(3)4)29(42)37-14-9-8-10-15-37/h18-24,26H,8-17H2,1-7H3,(H2,33,40)(H,34,41)(H2,35,36,44)/t21-,22?,23+,24+,26-/m1/s1. The summed E-state index contributed by atoms with van der Waals surface area (Å²) in [6, 6.07) is -4.30. The minimum Gasteiger partial charge on any atom is -0.363 e. The summed E-state index contributed by atoms with van der Waals surface area (Å²) in [5.41, 5.74) is 4.56. The molecule has 5 atom stereocenters. The Morgan fingerprint density at radius 2 is 1.43 bits per heavy atom. The van der Waals surface area contributed by atoms with Crippen molar-refractivity contribution in [2.45, 2.75) is 118 Å². The number of carbonyl (C=O) groups is 6. The molecule has 44 heavy (non-hydrogen) atoms. The van der Waals surface area contributed by atoms with Crippen LogP contribution in [-0.2, 0) is 24.0 Å². The number of likely N-dealkylation sites (tertiary alicyclic amines) is 2. The Morgan fingerprint density at radius 1 is 0.818 bits per heavy atom. The molecule has 12 nitrogen and oxygen atoms in total. The van der Waals surface area contributed by atoms with Crippen LogP contribution in [0.5, 0.6) is 0 Å². The quantitative estimate of drug-likeness (QED) is 0.244. The summed E-state index contributed by atoms with van der Waals surface area (Å²) < 4.78 is 0. The average Bonchev–Trinajstić information content (AvgIpc) is 3.65. The number of ketones is 1. The molecule has 12 heteroatoms. The van der Waals surface area contributed by atoms with Crippen LogP contribution < -0.4 is 21.7 Å². The summed E-state index contributed by atoms with van der Waals surface area (Å²) in [6.07, 6.45) is 5.69. The molecule has 3 rings (SSSR count). The molecule has 1 saturated carbocycles. The zero-order valence-electron chi connectivity index (χ0n) is 27.6. The zero-order chi connectivity index (χ0) is 32.9. The topological polar surface area (TPSA) is 171 Å². The van der Waals surface area contributed by atoms with Crippen molar-refractivity contribution in [3.8, 4) is 0 Å². The van der Waals surface area contributed by atoms with Gasteiger partial charge in [0.25, 0.3) is 5.91 Å². The number of nitrogens with one attached hydrogen (secondary N) is 3. The van der Waals surface area contributed by atoms with Gasteiger partial charge in [0.05, 0.1) is 6.04 Å². The third kappa shape index (κ3) is 8.94. The molecule has 1 unspecified atom stereocenters. The molecule has 0 aromatic rings. The highest BCUT2D eigenvalue weighted by Crippen LogP contribution is 2.35. The highest BCUT2D eigenvalue weighted by Gasteiger charge is 2.48. The number of Topliss-reactive ketones (excluding diaryl/α,β-unsaturated/α-hetero) is 1. The van der Waals surface area contributed by atoms with Gasteiger partial charge in [0.2, 0.25) is 23.5 Å². The van der Waals surface area contributed by atoms with E-state index in [1.165, 1.54) is 4.90 Å². The molecule has 2 aliphatic heterocycles. The minimum atomic E-state index is -1.10. The first-order valence-electron chi connectivity index (χ1n) is 16.3. The lowest BCUT2D eigenvalue weighted by Gasteiger charge is -2.37. The van der Waals surface area contributed by atoms with E-state index >= 15 is 0 Å². The van der Waals surface area contributed by atoms with Crippen molar-refractivity contribution in [3.63, 3.8) is 0 Å². The van der Waals surface area contributed by atoms with E-state index < -0.39 is 59.1 Å². The zero-order valence-corrected chi connectivity index (χ0v) is 27.6. The smallest absolute Gasteiger partial charge is 0.316 e. The Kier molecular flexibility index (Phi) is 11.8. The van der Waals surface area contributed by atoms with Gasteiger partial charge in [0.1, 0.15) is 18.1 Å². The largest absolute Gasteiger partial charge is 0.363 e. The molecule has 3 fully saturated rings. The van der Waals surface area contributed by atoms with Crippen molar-refractivity contribution in [2.24, 2.45) is 34.8 Å². The van der Waals surface area contributed by atoms with Gasteiger partial charge < -0.3 is 31.5 Å². The van der Waals surface area contributed by atoms with Gasteiger partial charge in [-0.3, -0.25) is 24.0 Å². The Bertz CT molecular complexity index is 1090. The molecule has 0 aromatic heterocycles. The highest BCUT2D eigenvalue weighted by atomic mass is 16.2. The number of hydrogen-bond donors (Lipinski definition) is 4. The van der Waals surface area contributed by atoms with Gasteiger partial charge in [0, 0.05) is 19.6 Å². The molecular formula is C32H54N6O6. The molecule has 2 saturated heterocycles. The van der Waals surface area contributed by atoms with E-state index in [2.05, 4.69) is 16.0 Å². The second-order valence-electron chi connectivity index (χ2n) is 14.7. The van der Waals surface area contributed by atoms with Crippen LogP contribution in [-0.4, -0.2) is 89.0 Å². The molecule has 6 amide bonds. The highest BCUT2D eigenvalue weighted by molar-refractivity contribution is 6.37. The van der Waals surface area contributed by atoms with E-state index in [1.54, 1.807) is 4.90 Å². The molecule has 1 aliphatic carbocycles. The second-order valence-corrected chi connectivity index (χ2v) is 14.7. The molecule has 0 radical (unpaired) electrons. The lowest BCUT2D eigenvalue weighted by Crippen LogP contribution is -2.62. The van der Waals surface area contributed by atoms with Crippen LogP contribution in [0.4, 0.5) is 4.79 Å². The fourth-order valence-corrected chi connectivity index (χ4v) is 6.40. The molecule has 0 aromatic carbocycles. The van der Waals surface area contributed by atoms with Crippen molar-refractivity contribution >= 4 is 35.4 Å². The summed E-state index contributed by atoms with van der Waals surface area (Å²) in [5.74, 6) is -3.04. The fourth-order valence-electron chi connectivity index (χ4n) is 6.40. The SMILES string of the molecule is CC(C)[C@H](NC(=O)N[C@H](C(=O)N1CC[C@H](C(C)C)[C@H]1C(=O)NC(CC1CC1)C(=O)C(N)=O)C(C)(C)C)C(=O)N1CCCCC1. The molecule has 0 spiro atoms. The van der Waals surface area contributed by atoms with Crippen LogP contribution >= 0.6 is 0 Å². The van der Waals surface area contributed by atoms with Crippen LogP contribution in [0.2, 0.25) is 0 Å². The Balaban J connectivity index is 1.80. The van der Waals surface area contributed by atoms with E-state index in [9.17, 15) is 28.8 Å². The Morgan fingerprint density at radius 3 is 1.93 bits per heavy atom. The van der Waals surface area contributed by atoms with Crippen LogP contribution in [0.15, 0.2) is 0 Å². The van der Waals surface area contributed by atoms with Crippen LogP contribution in [0.25, 0.3) is 0 Å². The molecule has 248 valence electrons. The minimum absolute atomic E-state index is 0.0502. The van der Waals surface area contributed by atoms with Crippen molar-refractivity contribution in [1.82, 2.24) is 25.8 Å². The average molecular weight is 619 g/mol. The molecule has 5 N–H and O–H groups in total. The number of piperidine rings is 1. The van der Waals surface area contributed by atoms with Crippen molar-refractivity contribution < 1.29 is 28.8 Å². The predicted octanol–water partition coefficient (Wildman–Crippen LogP) is 1.95. The van der Waals surface area contributed by atoms with Gasteiger partial charge in [-0.2, -0.15) is 0 Å². The summed E-state index contributed by atoms with van der Waals surface area (Å²) in [4.78, 5) is 82.3. The summed E-state index contributed by atoms with van der Waals surface area (Å²) >= 11 is 0. The maximum atomic E-state index is 14.2. The third-order valence-corrected chi connectivity index (χ3v) is 9.27. The third-order valence-electron chi connectivity index (χ3n) is 9.27. The number of nitrogens with two attached hydrogens (primary N) is 1. The van der Waals surface area contributed by atoms with E-state index in [0.717, 1.165) is 32.1 Å². The maximum Gasteiger partial charge on any atom is 0.316 e. The molecule has 0 bridgehead atoms. The van der Waals surface area contributed by atoms with Gasteiger partial charge >= 0.3 is 6.03 Å². The normalized spacial score (nSPS) is 22.8. The second kappa shape index (κ2) is 14.7. The molecular weight excluding hydrogens is 564 g/mol. The van der Waals surface area contributed by atoms with E-state index in [4.69, 9.17) is 5.73 Å².